The van der Waals surface area contributed by atoms with E-state index in [-0.39, 0.29) is 0 Å². The van der Waals surface area contributed by atoms with Gasteiger partial charge in [0.15, 0.2) is 11.5 Å². The number of halogens is 1. The van der Waals surface area contributed by atoms with E-state index in [1.807, 2.05) is 25.1 Å². The highest BCUT2D eigenvalue weighted by atomic mass is 35.5. The molecule has 21 heavy (non-hydrogen) atoms. The van der Waals surface area contributed by atoms with Crippen molar-refractivity contribution in [3.8, 4) is 11.5 Å². The van der Waals surface area contributed by atoms with Crippen LogP contribution in [0.25, 0.3) is 0 Å². The lowest BCUT2D eigenvalue weighted by Crippen LogP contribution is -1.98. The van der Waals surface area contributed by atoms with E-state index in [1.165, 1.54) is 0 Å². The predicted molar refractivity (Wildman–Crippen MR) is 84.6 cm³/mol. The van der Waals surface area contributed by atoms with Gasteiger partial charge in [0.05, 0.1) is 25.0 Å². The van der Waals surface area contributed by atoms with Crippen molar-refractivity contribution < 1.29 is 9.47 Å². The van der Waals surface area contributed by atoms with E-state index in [9.17, 15) is 0 Å². The minimum Gasteiger partial charge on any atom is -0.493 e. The van der Waals surface area contributed by atoms with Crippen LogP contribution >= 0.6 is 11.6 Å². The van der Waals surface area contributed by atoms with Gasteiger partial charge in [0, 0.05) is 6.20 Å². The topological polar surface area (TPSA) is 55.7 Å². The van der Waals surface area contributed by atoms with Crippen LogP contribution in [0, 0.1) is 0 Å². The van der Waals surface area contributed by atoms with Gasteiger partial charge >= 0.3 is 0 Å². The Kier molecular flexibility index (Phi) is 5.40. The number of hydrogen-bond donors (Lipinski definition) is 1. The number of benzene rings is 1. The Morgan fingerprint density at radius 1 is 1.38 bits per heavy atom. The van der Waals surface area contributed by atoms with Crippen LogP contribution in [0.15, 0.2) is 41.6 Å². The molecular formula is C15H16ClN3O2. The number of hydrogen-bond acceptors (Lipinski definition) is 5. The van der Waals surface area contributed by atoms with Gasteiger partial charge in [-0.05, 0) is 36.8 Å². The minimum absolute atomic E-state index is 0.482. The van der Waals surface area contributed by atoms with E-state index in [0.29, 0.717) is 28.9 Å². The average molecular weight is 306 g/mol. The molecule has 0 fully saturated rings. The molecule has 1 aromatic heterocycles. The maximum atomic E-state index is 6.19. The van der Waals surface area contributed by atoms with Crippen molar-refractivity contribution in [3.05, 3.63) is 47.1 Å². The van der Waals surface area contributed by atoms with Crippen molar-refractivity contribution in [3.63, 3.8) is 0 Å². The lowest BCUT2D eigenvalue weighted by atomic mass is 10.2. The number of methoxy groups -OCH3 is 1. The van der Waals surface area contributed by atoms with Gasteiger partial charge in [0.1, 0.15) is 5.82 Å². The summed E-state index contributed by atoms with van der Waals surface area (Å²) in [6.07, 6.45) is 3.33. The molecule has 0 unspecified atom stereocenters. The summed E-state index contributed by atoms with van der Waals surface area (Å²) in [6, 6.07) is 9.11. The van der Waals surface area contributed by atoms with Gasteiger partial charge in [-0.3, -0.25) is 5.43 Å². The highest BCUT2D eigenvalue weighted by Gasteiger charge is 2.10. The third-order valence-electron chi connectivity index (χ3n) is 2.60. The summed E-state index contributed by atoms with van der Waals surface area (Å²) < 4.78 is 10.7. The Morgan fingerprint density at radius 2 is 2.24 bits per heavy atom. The molecule has 0 radical (unpaired) electrons. The second-order valence-corrected chi connectivity index (χ2v) is 4.46. The van der Waals surface area contributed by atoms with E-state index in [2.05, 4.69) is 15.5 Å². The predicted octanol–water partition coefficient (Wildman–Crippen LogP) is 3.59. The molecule has 0 atom stereocenters. The van der Waals surface area contributed by atoms with Crippen LogP contribution in [-0.2, 0) is 0 Å². The van der Waals surface area contributed by atoms with Gasteiger partial charge in [-0.2, -0.15) is 5.10 Å². The fourth-order valence-corrected chi connectivity index (χ4v) is 1.97. The zero-order valence-electron chi connectivity index (χ0n) is 11.8. The minimum atomic E-state index is 0.482. The second-order valence-electron chi connectivity index (χ2n) is 4.05. The Balaban J connectivity index is 2.15. The number of aromatic nitrogens is 1. The molecule has 0 spiro atoms. The Labute approximate surface area is 128 Å². The van der Waals surface area contributed by atoms with Gasteiger partial charge in [-0.1, -0.05) is 17.7 Å². The van der Waals surface area contributed by atoms with Crippen molar-refractivity contribution in [1.82, 2.24) is 4.98 Å². The van der Waals surface area contributed by atoms with Crippen molar-refractivity contribution in [2.24, 2.45) is 5.10 Å². The monoisotopic (exact) mass is 305 g/mol. The first kappa shape index (κ1) is 15.1. The molecule has 2 aromatic rings. The number of nitrogens with zero attached hydrogens (tertiary/aromatic N) is 2. The third-order valence-corrected chi connectivity index (χ3v) is 2.88. The fraction of sp³-hybridized carbons (Fsp3) is 0.200. The first-order chi connectivity index (χ1) is 10.2. The van der Waals surface area contributed by atoms with Gasteiger partial charge in [0.2, 0.25) is 0 Å². The van der Waals surface area contributed by atoms with Crippen LogP contribution in [0.4, 0.5) is 5.82 Å². The summed E-state index contributed by atoms with van der Waals surface area (Å²) in [4.78, 5) is 4.10. The molecule has 6 heteroatoms. The molecule has 0 saturated heterocycles. The maximum Gasteiger partial charge on any atom is 0.179 e. The molecule has 110 valence electrons. The van der Waals surface area contributed by atoms with Crippen LogP contribution in [0.3, 0.4) is 0 Å². The van der Waals surface area contributed by atoms with E-state index >= 15 is 0 Å². The summed E-state index contributed by atoms with van der Waals surface area (Å²) >= 11 is 6.19. The molecule has 0 aliphatic rings. The van der Waals surface area contributed by atoms with E-state index in [0.717, 1.165) is 5.56 Å². The summed E-state index contributed by atoms with van der Waals surface area (Å²) in [5.41, 5.74) is 3.63. The molecule has 1 heterocycles. The highest BCUT2D eigenvalue weighted by Crippen LogP contribution is 2.35. The molecule has 0 bridgehead atoms. The molecular weight excluding hydrogens is 290 g/mol. The van der Waals surface area contributed by atoms with Crippen molar-refractivity contribution in [2.75, 3.05) is 19.1 Å². The molecule has 1 aromatic carbocycles. The summed E-state index contributed by atoms with van der Waals surface area (Å²) in [5, 5.41) is 4.59. The van der Waals surface area contributed by atoms with Gasteiger partial charge in [-0.25, -0.2) is 4.98 Å². The Hall–Kier alpha value is -2.27. The number of anilines is 1. The maximum absolute atomic E-state index is 6.19. The highest BCUT2D eigenvalue weighted by molar-refractivity contribution is 6.32. The van der Waals surface area contributed by atoms with Crippen molar-refractivity contribution in [2.45, 2.75) is 6.92 Å². The SMILES string of the molecule is CCOc1c(Cl)cc(/C=N/Nc2ccccn2)cc1OC. The quantitative estimate of drug-likeness (QED) is 0.654. The first-order valence-corrected chi connectivity index (χ1v) is 6.82. The van der Waals surface area contributed by atoms with E-state index in [1.54, 1.807) is 31.7 Å². The van der Waals surface area contributed by atoms with Gasteiger partial charge < -0.3 is 9.47 Å². The van der Waals surface area contributed by atoms with Crippen LogP contribution in [0.2, 0.25) is 5.02 Å². The normalized spacial score (nSPS) is 10.6. The number of rotatable bonds is 6. The van der Waals surface area contributed by atoms with Gasteiger partial charge in [0.25, 0.3) is 0 Å². The van der Waals surface area contributed by atoms with E-state index in [4.69, 9.17) is 21.1 Å². The molecule has 2 rings (SSSR count). The summed E-state index contributed by atoms with van der Waals surface area (Å²) in [6.45, 7) is 2.41. The van der Waals surface area contributed by atoms with Crippen LogP contribution in [0.1, 0.15) is 12.5 Å². The van der Waals surface area contributed by atoms with Crippen LogP contribution < -0.4 is 14.9 Å². The lowest BCUT2D eigenvalue weighted by molar-refractivity contribution is 0.311. The molecule has 0 aliphatic heterocycles. The number of pyridine rings is 1. The van der Waals surface area contributed by atoms with Crippen molar-refractivity contribution in [1.29, 1.82) is 0 Å². The molecule has 0 aliphatic carbocycles. The van der Waals surface area contributed by atoms with Crippen LogP contribution in [-0.4, -0.2) is 24.9 Å². The van der Waals surface area contributed by atoms with Crippen LogP contribution in [0.5, 0.6) is 11.5 Å². The van der Waals surface area contributed by atoms with Gasteiger partial charge in [-0.15, -0.1) is 0 Å². The molecule has 5 nitrogen and oxygen atoms in total. The Bertz CT molecular complexity index is 618. The smallest absolute Gasteiger partial charge is 0.179 e. The molecule has 1 N–H and O–H groups in total. The zero-order valence-corrected chi connectivity index (χ0v) is 12.6. The lowest BCUT2D eigenvalue weighted by Gasteiger charge is -2.11. The largest absolute Gasteiger partial charge is 0.493 e. The molecule has 0 amide bonds. The fourth-order valence-electron chi connectivity index (χ4n) is 1.70. The number of nitrogens with one attached hydrogen (secondary N) is 1. The average Bonchev–Trinajstić information content (AvgIpc) is 2.51. The second kappa shape index (κ2) is 7.50. The Morgan fingerprint density at radius 3 is 2.90 bits per heavy atom. The third kappa shape index (κ3) is 4.10. The van der Waals surface area contributed by atoms with E-state index < -0.39 is 0 Å². The zero-order chi connectivity index (χ0) is 15.1. The number of ether oxygens (including phenoxy) is 2. The first-order valence-electron chi connectivity index (χ1n) is 6.45. The summed E-state index contributed by atoms with van der Waals surface area (Å²) in [5.74, 6) is 1.78. The molecule has 0 saturated carbocycles. The standard InChI is InChI=1S/C15H16ClN3O2/c1-3-21-15-12(16)8-11(9-13(15)20-2)10-18-19-14-6-4-5-7-17-14/h4-10H,3H2,1-2H3,(H,17,19)/b18-10+. The number of hydrazone groups is 1. The summed E-state index contributed by atoms with van der Waals surface area (Å²) in [7, 11) is 1.57. The van der Waals surface area contributed by atoms with Crippen molar-refractivity contribution >= 4 is 23.6 Å².